The van der Waals surface area contributed by atoms with Crippen LogP contribution in [0.3, 0.4) is 0 Å². The molecule has 0 aliphatic carbocycles. The highest BCUT2D eigenvalue weighted by Crippen LogP contribution is 2.30. The Hall–Kier alpha value is -0.890. The van der Waals surface area contributed by atoms with E-state index >= 15 is 0 Å². The Bertz CT molecular complexity index is 315. The lowest BCUT2D eigenvalue weighted by Crippen LogP contribution is -2.24. The molecule has 0 aromatic heterocycles. The minimum atomic E-state index is -0.873. The summed E-state index contributed by atoms with van der Waals surface area (Å²) in [5.74, 6) is -0.270. The van der Waals surface area contributed by atoms with Crippen molar-refractivity contribution in [3.63, 3.8) is 0 Å². The number of aliphatic hydroxyl groups is 1. The van der Waals surface area contributed by atoms with E-state index < -0.39 is 5.60 Å². The van der Waals surface area contributed by atoms with Crippen molar-refractivity contribution in [3.05, 3.63) is 35.1 Å². The fraction of sp³-hybridized carbons (Fsp3) is 0.538. The Balaban J connectivity index is 3.11. The van der Waals surface area contributed by atoms with Crippen molar-refractivity contribution >= 4 is 0 Å². The molecule has 0 spiro atoms. The van der Waals surface area contributed by atoms with Crippen LogP contribution in [0.4, 0.5) is 4.39 Å². The summed E-state index contributed by atoms with van der Waals surface area (Å²) in [6, 6.07) is 4.78. The lowest BCUT2D eigenvalue weighted by molar-refractivity contribution is 0.0223. The maximum absolute atomic E-state index is 13.2. The van der Waals surface area contributed by atoms with Crippen LogP contribution in [0.5, 0.6) is 0 Å². The van der Waals surface area contributed by atoms with Gasteiger partial charge in [0, 0.05) is 0 Å². The van der Waals surface area contributed by atoms with E-state index in [2.05, 4.69) is 0 Å². The smallest absolute Gasteiger partial charge is 0.123 e. The zero-order valence-electron chi connectivity index (χ0n) is 9.68. The minimum Gasteiger partial charge on any atom is -0.385 e. The fourth-order valence-corrected chi connectivity index (χ4v) is 1.94. The maximum atomic E-state index is 13.2. The summed E-state index contributed by atoms with van der Waals surface area (Å²) in [5, 5.41) is 10.4. The first kappa shape index (κ1) is 12.2. The van der Waals surface area contributed by atoms with E-state index in [0.29, 0.717) is 18.4 Å². The van der Waals surface area contributed by atoms with Gasteiger partial charge in [-0.1, -0.05) is 26.3 Å². The van der Waals surface area contributed by atoms with E-state index in [1.165, 1.54) is 12.1 Å². The van der Waals surface area contributed by atoms with E-state index in [1.54, 1.807) is 0 Å². The third-order valence-corrected chi connectivity index (χ3v) is 2.83. The van der Waals surface area contributed by atoms with Gasteiger partial charge in [0.15, 0.2) is 0 Å². The molecule has 1 N–H and O–H groups in total. The van der Waals surface area contributed by atoms with Crippen LogP contribution in [-0.4, -0.2) is 5.11 Å². The van der Waals surface area contributed by atoms with Gasteiger partial charge in [0.1, 0.15) is 5.82 Å². The van der Waals surface area contributed by atoms with Crippen LogP contribution in [0.25, 0.3) is 0 Å². The number of hydrogen-bond acceptors (Lipinski definition) is 1. The minimum absolute atomic E-state index is 0.270. The molecule has 1 aromatic rings. The quantitative estimate of drug-likeness (QED) is 0.806. The molecule has 0 bridgehead atoms. The Labute approximate surface area is 90.9 Å². The largest absolute Gasteiger partial charge is 0.385 e. The molecule has 0 aliphatic heterocycles. The number of hydrogen-bond donors (Lipinski definition) is 1. The first-order chi connectivity index (χ1) is 7.01. The van der Waals surface area contributed by atoms with Gasteiger partial charge in [0.25, 0.3) is 0 Å². The molecule has 0 saturated carbocycles. The van der Waals surface area contributed by atoms with Crippen LogP contribution in [-0.2, 0) is 5.60 Å². The second kappa shape index (κ2) is 4.75. The molecule has 0 radical (unpaired) electrons. The van der Waals surface area contributed by atoms with Crippen LogP contribution >= 0.6 is 0 Å². The third-order valence-electron chi connectivity index (χ3n) is 2.83. The lowest BCUT2D eigenvalue weighted by Gasteiger charge is -2.27. The van der Waals surface area contributed by atoms with Gasteiger partial charge in [-0.2, -0.15) is 0 Å². The van der Waals surface area contributed by atoms with Crippen molar-refractivity contribution in [1.82, 2.24) is 0 Å². The maximum Gasteiger partial charge on any atom is 0.123 e. The van der Waals surface area contributed by atoms with Crippen molar-refractivity contribution in [2.75, 3.05) is 0 Å². The van der Waals surface area contributed by atoms with Gasteiger partial charge in [-0.3, -0.25) is 0 Å². The number of aryl methyl sites for hydroxylation is 1. The van der Waals surface area contributed by atoms with Crippen LogP contribution < -0.4 is 0 Å². The monoisotopic (exact) mass is 210 g/mol. The topological polar surface area (TPSA) is 20.2 Å². The van der Waals surface area contributed by atoms with Gasteiger partial charge in [-0.15, -0.1) is 0 Å². The summed E-state index contributed by atoms with van der Waals surface area (Å²) >= 11 is 0. The van der Waals surface area contributed by atoms with E-state index in [1.807, 2.05) is 26.8 Å². The highest BCUT2D eigenvalue weighted by molar-refractivity contribution is 5.28. The molecule has 0 fully saturated rings. The van der Waals surface area contributed by atoms with Gasteiger partial charge in [0.2, 0.25) is 0 Å². The van der Waals surface area contributed by atoms with Crippen molar-refractivity contribution in [1.29, 1.82) is 0 Å². The Morgan fingerprint density at radius 3 is 2.40 bits per heavy atom. The van der Waals surface area contributed by atoms with Crippen LogP contribution in [0.15, 0.2) is 18.2 Å². The zero-order valence-corrected chi connectivity index (χ0v) is 9.68. The predicted octanol–water partition coefficient (Wildman–Crippen LogP) is 3.53. The highest BCUT2D eigenvalue weighted by atomic mass is 19.1. The Kier molecular flexibility index (Phi) is 3.86. The number of rotatable bonds is 4. The molecular weight excluding hydrogens is 191 g/mol. The molecule has 15 heavy (non-hydrogen) atoms. The Morgan fingerprint density at radius 2 is 1.93 bits per heavy atom. The molecule has 1 aromatic carbocycles. The van der Waals surface area contributed by atoms with Crippen molar-refractivity contribution in [2.45, 2.75) is 45.6 Å². The molecule has 1 nitrogen and oxygen atoms in total. The average Bonchev–Trinajstić information content (AvgIpc) is 2.16. The molecule has 1 rings (SSSR count). The molecule has 0 heterocycles. The van der Waals surface area contributed by atoms with E-state index in [4.69, 9.17) is 0 Å². The van der Waals surface area contributed by atoms with Crippen molar-refractivity contribution < 1.29 is 9.50 Å². The first-order valence-corrected chi connectivity index (χ1v) is 5.52. The summed E-state index contributed by atoms with van der Waals surface area (Å²) in [4.78, 5) is 0. The molecule has 0 saturated heterocycles. The predicted molar refractivity (Wildman–Crippen MR) is 60.2 cm³/mol. The fourth-order valence-electron chi connectivity index (χ4n) is 1.94. The van der Waals surface area contributed by atoms with Crippen molar-refractivity contribution in [2.24, 2.45) is 0 Å². The first-order valence-electron chi connectivity index (χ1n) is 5.52. The molecule has 1 unspecified atom stereocenters. The van der Waals surface area contributed by atoms with Gasteiger partial charge >= 0.3 is 0 Å². The SMILES string of the molecule is CCCC(O)(CC)c1cc(C)cc(F)c1. The molecule has 0 aliphatic rings. The Morgan fingerprint density at radius 1 is 1.27 bits per heavy atom. The zero-order chi connectivity index (χ0) is 11.5. The lowest BCUT2D eigenvalue weighted by atomic mass is 9.86. The van der Waals surface area contributed by atoms with Crippen LogP contribution in [0.2, 0.25) is 0 Å². The standard InChI is InChI=1S/C13H19FO/c1-4-6-13(15,5-2)11-7-10(3)8-12(14)9-11/h7-9,15H,4-6H2,1-3H3. The molecule has 84 valence electrons. The summed E-state index contributed by atoms with van der Waals surface area (Å²) in [5.41, 5.74) is 0.680. The van der Waals surface area contributed by atoms with Gasteiger partial charge < -0.3 is 5.11 Å². The molecule has 0 amide bonds. The van der Waals surface area contributed by atoms with E-state index in [-0.39, 0.29) is 5.82 Å². The molecular formula is C13H19FO. The van der Waals surface area contributed by atoms with E-state index in [0.717, 1.165) is 12.0 Å². The molecule has 1 atom stereocenters. The van der Waals surface area contributed by atoms with Gasteiger partial charge in [0.05, 0.1) is 5.60 Å². The van der Waals surface area contributed by atoms with Gasteiger partial charge in [-0.25, -0.2) is 4.39 Å². The third kappa shape index (κ3) is 2.78. The van der Waals surface area contributed by atoms with Crippen LogP contribution in [0, 0.1) is 12.7 Å². The summed E-state index contributed by atoms with van der Waals surface area (Å²) in [6.45, 7) is 5.79. The summed E-state index contributed by atoms with van der Waals surface area (Å²) in [6.07, 6.45) is 2.18. The van der Waals surface area contributed by atoms with Gasteiger partial charge in [-0.05, 0) is 43.0 Å². The number of halogens is 1. The normalized spacial score (nSPS) is 15.0. The summed E-state index contributed by atoms with van der Waals surface area (Å²) in [7, 11) is 0. The van der Waals surface area contributed by atoms with E-state index in [9.17, 15) is 9.50 Å². The second-order valence-electron chi connectivity index (χ2n) is 4.15. The average molecular weight is 210 g/mol. The van der Waals surface area contributed by atoms with Crippen LogP contribution in [0.1, 0.15) is 44.2 Å². The number of benzene rings is 1. The second-order valence-corrected chi connectivity index (χ2v) is 4.15. The molecule has 2 heteroatoms. The highest BCUT2D eigenvalue weighted by Gasteiger charge is 2.26. The van der Waals surface area contributed by atoms with Crippen molar-refractivity contribution in [3.8, 4) is 0 Å². The summed E-state index contributed by atoms with van der Waals surface area (Å²) < 4.78 is 13.2.